The molecule has 0 aliphatic rings. The summed E-state index contributed by atoms with van der Waals surface area (Å²) in [6.45, 7) is 0.0112. The van der Waals surface area contributed by atoms with E-state index in [0.29, 0.717) is 0 Å². The van der Waals surface area contributed by atoms with Crippen LogP contribution in [0.15, 0.2) is 33.4 Å². The average Bonchev–Trinajstić information content (AvgIpc) is 2.48. The van der Waals surface area contributed by atoms with Gasteiger partial charge in [0.25, 0.3) is 0 Å². The lowest BCUT2D eigenvalue weighted by atomic mass is 10.2. The first-order chi connectivity index (χ1) is 5.83. The lowest BCUT2D eigenvalue weighted by Crippen LogP contribution is -1.81. The minimum atomic E-state index is 0.0112. The maximum atomic E-state index is 8.97. The molecule has 2 nitrogen and oxygen atoms in total. The Kier molecular flexibility index (Phi) is 1.90. The number of furan rings is 1. The Bertz CT molecular complexity index is 406. The van der Waals surface area contributed by atoms with Gasteiger partial charge in [-0.1, -0.05) is 12.1 Å². The summed E-state index contributed by atoms with van der Waals surface area (Å²) in [5.41, 5.74) is 1.57. The van der Waals surface area contributed by atoms with E-state index in [1.807, 2.05) is 18.2 Å². The van der Waals surface area contributed by atoms with Gasteiger partial charge in [0.15, 0.2) is 0 Å². The smallest absolute Gasteiger partial charge is 0.140 e. The molecule has 12 heavy (non-hydrogen) atoms. The summed E-state index contributed by atoms with van der Waals surface area (Å²) < 4.78 is 6.19. The highest BCUT2D eigenvalue weighted by Crippen LogP contribution is 2.28. The van der Waals surface area contributed by atoms with Crippen LogP contribution in [-0.2, 0) is 6.61 Å². The van der Waals surface area contributed by atoms with E-state index in [9.17, 15) is 0 Å². The molecule has 0 fully saturated rings. The van der Waals surface area contributed by atoms with Crippen molar-refractivity contribution in [3.05, 3.63) is 34.5 Å². The molecule has 1 N–H and O–H groups in total. The van der Waals surface area contributed by atoms with Crippen LogP contribution in [0, 0.1) is 0 Å². The minimum absolute atomic E-state index is 0.0112. The molecule has 0 aliphatic carbocycles. The number of aliphatic hydroxyl groups is 1. The van der Waals surface area contributed by atoms with E-state index in [4.69, 9.17) is 9.52 Å². The maximum Gasteiger partial charge on any atom is 0.140 e. The third kappa shape index (κ3) is 1.06. The molecule has 3 heteroatoms. The number of aliphatic hydroxyl groups excluding tert-OH is 1. The van der Waals surface area contributed by atoms with E-state index < -0.39 is 0 Å². The molecule has 0 atom stereocenters. The Morgan fingerprint density at radius 3 is 3.00 bits per heavy atom. The predicted octanol–water partition coefficient (Wildman–Crippen LogP) is 2.69. The lowest BCUT2D eigenvalue weighted by Gasteiger charge is -1.95. The summed E-state index contributed by atoms with van der Waals surface area (Å²) >= 11 is 3.35. The standard InChI is InChI=1S/C9H7BrO2/c10-8-5-12-9-6(4-11)2-1-3-7(8)9/h1-3,5,11H,4H2. The van der Waals surface area contributed by atoms with Crippen molar-refractivity contribution >= 4 is 26.9 Å². The molecular weight excluding hydrogens is 220 g/mol. The Morgan fingerprint density at radius 2 is 2.25 bits per heavy atom. The van der Waals surface area contributed by atoms with Gasteiger partial charge in [-0.3, -0.25) is 0 Å². The quantitative estimate of drug-likeness (QED) is 0.812. The Balaban J connectivity index is 2.81. The molecule has 0 saturated heterocycles. The molecule has 1 heterocycles. The fourth-order valence-corrected chi connectivity index (χ4v) is 1.62. The zero-order valence-electron chi connectivity index (χ0n) is 6.25. The largest absolute Gasteiger partial charge is 0.463 e. The van der Waals surface area contributed by atoms with Crippen molar-refractivity contribution in [1.29, 1.82) is 0 Å². The number of hydrogen-bond acceptors (Lipinski definition) is 2. The third-order valence-electron chi connectivity index (χ3n) is 1.80. The Morgan fingerprint density at radius 1 is 1.42 bits per heavy atom. The Hall–Kier alpha value is -0.800. The van der Waals surface area contributed by atoms with Gasteiger partial charge >= 0.3 is 0 Å². The first-order valence-electron chi connectivity index (χ1n) is 3.58. The summed E-state index contributed by atoms with van der Waals surface area (Å²) in [5.74, 6) is 0. The first-order valence-corrected chi connectivity index (χ1v) is 4.37. The molecule has 2 rings (SSSR count). The summed E-state index contributed by atoms with van der Waals surface area (Å²) in [6.07, 6.45) is 1.63. The Labute approximate surface area is 77.9 Å². The van der Waals surface area contributed by atoms with Gasteiger partial charge in [0.1, 0.15) is 11.8 Å². The third-order valence-corrected chi connectivity index (χ3v) is 2.42. The normalized spacial score (nSPS) is 10.8. The second-order valence-corrected chi connectivity index (χ2v) is 3.39. The fraction of sp³-hybridized carbons (Fsp3) is 0.111. The highest BCUT2D eigenvalue weighted by Gasteiger charge is 2.05. The number of halogens is 1. The van der Waals surface area contributed by atoms with Crippen molar-refractivity contribution in [2.75, 3.05) is 0 Å². The maximum absolute atomic E-state index is 8.97. The van der Waals surface area contributed by atoms with Crippen LogP contribution in [0.1, 0.15) is 5.56 Å². The zero-order valence-corrected chi connectivity index (χ0v) is 7.84. The summed E-state index contributed by atoms with van der Waals surface area (Å²) in [5, 5.41) is 9.97. The fourth-order valence-electron chi connectivity index (χ4n) is 1.21. The van der Waals surface area contributed by atoms with Gasteiger partial charge in [-0.25, -0.2) is 0 Å². The van der Waals surface area contributed by atoms with Crippen LogP contribution >= 0.6 is 15.9 Å². The molecule has 0 radical (unpaired) electrons. The highest BCUT2D eigenvalue weighted by atomic mass is 79.9. The molecule has 0 bridgehead atoms. The SMILES string of the molecule is OCc1cccc2c(Br)coc12. The van der Waals surface area contributed by atoms with E-state index in [2.05, 4.69) is 15.9 Å². The van der Waals surface area contributed by atoms with Gasteiger partial charge in [-0.2, -0.15) is 0 Å². The molecular formula is C9H7BrO2. The zero-order chi connectivity index (χ0) is 8.55. The molecule has 2 aromatic rings. The number of rotatable bonds is 1. The minimum Gasteiger partial charge on any atom is -0.463 e. The molecule has 0 spiro atoms. The topological polar surface area (TPSA) is 33.4 Å². The van der Waals surface area contributed by atoms with E-state index in [0.717, 1.165) is 21.0 Å². The predicted molar refractivity (Wildman–Crippen MR) is 49.8 cm³/mol. The monoisotopic (exact) mass is 226 g/mol. The van der Waals surface area contributed by atoms with Gasteiger partial charge in [0, 0.05) is 10.9 Å². The lowest BCUT2D eigenvalue weighted by molar-refractivity contribution is 0.281. The van der Waals surface area contributed by atoms with Crippen LogP contribution in [-0.4, -0.2) is 5.11 Å². The van der Waals surface area contributed by atoms with E-state index in [1.165, 1.54) is 0 Å². The van der Waals surface area contributed by atoms with Crippen molar-refractivity contribution in [1.82, 2.24) is 0 Å². The summed E-state index contributed by atoms with van der Waals surface area (Å²) in [4.78, 5) is 0. The second kappa shape index (κ2) is 2.92. The first kappa shape index (κ1) is 7.83. The van der Waals surface area contributed by atoms with Crippen LogP contribution in [0.2, 0.25) is 0 Å². The van der Waals surface area contributed by atoms with E-state index in [-0.39, 0.29) is 6.61 Å². The number of benzene rings is 1. The van der Waals surface area contributed by atoms with Crippen molar-refractivity contribution in [3.8, 4) is 0 Å². The van der Waals surface area contributed by atoms with Gasteiger partial charge in [0.05, 0.1) is 11.1 Å². The van der Waals surface area contributed by atoms with Crippen LogP contribution in [0.3, 0.4) is 0 Å². The summed E-state index contributed by atoms with van der Waals surface area (Å²) in [7, 11) is 0. The average molecular weight is 227 g/mol. The van der Waals surface area contributed by atoms with Crippen molar-refractivity contribution in [2.45, 2.75) is 6.61 Å². The van der Waals surface area contributed by atoms with Crippen LogP contribution in [0.4, 0.5) is 0 Å². The molecule has 1 aromatic carbocycles. The molecule has 1 aromatic heterocycles. The van der Waals surface area contributed by atoms with E-state index >= 15 is 0 Å². The van der Waals surface area contributed by atoms with Crippen LogP contribution in [0.5, 0.6) is 0 Å². The van der Waals surface area contributed by atoms with Crippen molar-refractivity contribution in [2.24, 2.45) is 0 Å². The summed E-state index contributed by atoms with van der Waals surface area (Å²) in [6, 6.07) is 5.69. The second-order valence-electron chi connectivity index (χ2n) is 2.54. The van der Waals surface area contributed by atoms with Gasteiger partial charge < -0.3 is 9.52 Å². The van der Waals surface area contributed by atoms with Gasteiger partial charge in [0.2, 0.25) is 0 Å². The van der Waals surface area contributed by atoms with Crippen molar-refractivity contribution < 1.29 is 9.52 Å². The number of fused-ring (bicyclic) bond motifs is 1. The molecule has 0 saturated carbocycles. The number of para-hydroxylation sites is 1. The number of hydrogen-bond donors (Lipinski definition) is 1. The van der Waals surface area contributed by atoms with Gasteiger partial charge in [-0.15, -0.1) is 0 Å². The van der Waals surface area contributed by atoms with Gasteiger partial charge in [-0.05, 0) is 22.0 Å². The molecule has 0 amide bonds. The van der Waals surface area contributed by atoms with Crippen LogP contribution < -0.4 is 0 Å². The molecule has 62 valence electrons. The van der Waals surface area contributed by atoms with Crippen molar-refractivity contribution in [3.63, 3.8) is 0 Å². The van der Waals surface area contributed by atoms with Crippen LogP contribution in [0.25, 0.3) is 11.0 Å². The van der Waals surface area contributed by atoms with E-state index in [1.54, 1.807) is 6.26 Å². The molecule has 0 aliphatic heterocycles. The molecule has 0 unspecified atom stereocenters. The highest BCUT2D eigenvalue weighted by molar-refractivity contribution is 9.10.